The molecule has 6 nitrogen and oxygen atoms in total. The van der Waals surface area contributed by atoms with Crippen LogP contribution in [-0.2, 0) is 17.8 Å². The molecule has 1 fully saturated rings. The number of halogens is 1. The van der Waals surface area contributed by atoms with E-state index >= 15 is 0 Å². The van der Waals surface area contributed by atoms with Crippen molar-refractivity contribution in [3.8, 4) is 0 Å². The zero-order chi connectivity index (χ0) is 18.2. The first-order valence-corrected chi connectivity index (χ1v) is 9.12. The van der Waals surface area contributed by atoms with Crippen LogP contribution in [-0.4, -0.2) is 47.1 Å². The van der Waals surface area contributed by atoms with Gasteiger partial charge in [0.05, 0.1) is 12.7 Å². The number of rotatable bonds is 6. The largest absolute Gasteiger partial charge is 0.465 e. The Morgan fingerprint density at radius 3 is 2.74 bits per heavy atom. The van der Waals surface area contributed by atoms with Gasteiger partial charge in [-0.2, -0.15) is 0 Å². The monoisotopic (exact) mass is 390 g/mol. The van der Waals surface area contributed by atoms with E-state index in [1.807, 2.05) is 24.5 Å². The Bertz CT molecular complexity index is 706. The lowest BCUT2D eigenvalue weighted by atomic mass is 10.0. The van der Waals surface area contributed by atoms with E-state index in [0.717, 1.165) is 50.1 Å². The number of aromatic nitrogens is 2. The lowest BCUT2D eigenvalue weighted by molar-refractivity contribution is 0.0600. The molecule has 1 aliphatic rings. The summed E-state index contributed by atoms with van der Waals surface area (Å²) in [6, 6.07) is 8.19. The highest BCUT2D eigenvalue weighted by Gasteiger charge is 2.21. The average molecular weight is 391 g/mol. The zero-order valence-electron chi connectivity index (χ0n) is 15.6. The first kappa shape index (κ1) is 21.3. The minimum Gasteiger partial charge on any atom is -0.465 e. The average Bonchev–Trinajstić information content (AvgIpc) is 2.97. The third-order valence-corrected chi connectivity index (χ3v) is 4.80. The molecule has 0 saturated carbocycles. The van der Waals surface area contributed by atoms with Gasteiger partial charge in [0.2, 0.25) is 0 Å². The SMILES string of the molecule is COC(=O)c1cccc(CN(Cc2cncnc2)C2CCCNCC2)c1.Cl. The zero-order valence-corrected chi connectivity index (χ0v) is 16.5. The van der Waals surface area contributed by atoms with E-state index in [-0.39, 0.29) is 18.4 Å². The number of nitrogens with one attached hydrogen (secondary N) is 1. The van der Waals surface area contributed by atoms with Crippen LogP contribution >= 0.6 is 12.4 Å². The fraction of sp³-hybridized carbons (Fsp3) is 0.450. The van der Waals surface area contributed by atoms with Gasteiger partial charge in [0.25, 0.3) is 0 Å². The number of carbonyl (C=O) groups is 1. The highest BCUT2D eigenvalue weighted by atomic mass is 35.5. The third kappa shape index (κ3) is 6.27. The first-order valence-electron chi connectivity index (χ1n) is 9.12. The number of ether oxygens (including phenoxy) is 1. The number of hydrogen-bond acceptors (Lipinski definition) is 6. The van der Waals surface area contributed by atoms with Crippen LogP contribution in [0.3, 0.4) is 0 Å². The van der Waals surface area contributed by atoms with Crippen LogP contribution in [0.2, 0.25) is 0 Å². The number of benzene rings is 1. The highest BCUT2D eigenvalue weighted by Crippen LogP contribution is 2.20. The maximum absolute atomic E-state index is 11.8. The van der Waals surface area contributed by atoms with Crippen LogP contribution in [0, 0.1) is 0 Å². The molecule has 2 aromatic rings. The summed E-state index contributed by atoms with van der Waals surface area (Å²) < 4.78 is 4.85. The van der Waals surface area contributed by atoms with E-state index in [1.54, 1.807) is 12.4 Å². The van der Waals surface area contributed by atoms with E-state index in [2.05, 4.69) is 26.3 Å². The fourth-order valence-corrected chi connectivity index (χ4v) is 3.48. The van der Waals surface area contributed by atoms with Gasteiger partial charge in [-0.3, -0.25) is 4.90 Å². The van der Waals surface area contributed by atoms with E-state index < -0.39 is 0 Å². The highest BCUT2D eigenvalue weighted by molar-refractivity contribution is 5.89. The second-order valence-corrected chi connectivity index (χ2v) is 6.68. The lowest BCUT2D eigenvalue weighted by Gasteiger charge is -2.31. The van der Waals surface area contributed by atoms with Gasteiger partial charge in [0.1, 0.15) is 6.33 Å². The quantitative estimate of drug-likeness (QED) is 0.765. The van der Waals surface area contributed by atoms with Crippen molar-refractivity contribution in [2.45, 2.75) is 38.4 Å². The molecule has 27 heavy (non-hydrogen) atoms. The Balaban J connectivity index is 0.00000261. The van der Waals surface area contributed by atoms with Gasteiger partial charge in [-0.25, -0.2) is 14.8 Å². The van der Waals surface area contributed by atoms with Crippen molar-refractivity contribution in [1.29, 1.82) is 0 Å². The molecule has 1 atom stereocenters. The van der Waals surface area contributed by atoms with Crippen LogP contribution in [0.25, 0.3) is 0 Å². The summed E-state index contributed by atoms with van der Waals surface area (Å²) in [7, 11) is 1.41. The van der Waals surface area contributed by atoms with Crippen molar-refractivity contribution >= 4 is 18.4 Å². The molecule has 1 saturated heterocycles. The Kier molecular flexibility index (Phi) is 8.64. The molecule has 0 bridgehead atoms. The second kappa shape index (κ2) is 11.0. The Hall–Kier alpha value is -2.02. The number of nitrogens with zero attached hydrogens (tertiary/aromatic N) is 3. The van der Waals surface area contributed by atoms with E-state index in [9.17, 15) is 4.79 Å². The molecule has 1 aromatic carbocycles. The molecule has 2 heterocycles. The number of esters is 1. The molecule has 0 spiro atoms. The van der Waals surface area contributed by atoms with Gasteiger partial charge in [-0.05, 0) is 50.0 Å². The minimum atomic E-state index is -0.298. The van der Waals surface area contributed by atoms with Crippen molar-refractivity contribution in [1.82, 2.24) is 20.2 Å². The molecule has 0 aliphatic carbocycles. The van der Waals surface area contributed by atoms with Crippen molar-refractivity contribution in [2.24, 2.45) is 0 Å². The van der Waals surface area contributed by atoms with E-state index in [1.165, 1.54) is 13.5 Å². The third-order valence-electron chi connectivity index (χ3n) is 4.80. The Morgan fingerprint density at radius 2 is 1.96 bits per heavy atom. The minimum absolute atomic E-state index is 0. The predicted octanol–water partition coefficient (Wildman–Crippen LogP) is 2.83. The van der Waals surface area contributed by atoms with Crippen LogP contribution in [0.4, 0.5) is 0 Å². The molecule has 7 heteroatoms. The van der Waals surface area contributed by atoms with Gasteiger partial charge in [0.15, 0.2) is 0 Å². The van der Waals surface area contributed by atoms with Gasteiger partial charge in [-0.15, -0.1) is 12.4 Å². The molecule has 1 N–H and O–H groups in total. The van der Waals surface area contributed by atoms with E-state index in [0.29, 0.717) is 11.6 Å². The van der Waals surface area contributed by atoms with Crippen LogP contribution in [0.1, 0.15) is 40.7 Å². The Labute approximate surface area is 166 Å². The van der Waals surface area contributed by atoms with E-state index in [4.69, 9.17) is 4.74 Å². The molecule has 1 unspecified atom stereocenters. The van der Waals surface area contributed by atoms with Crippen LogP contribution < -0.4 is 5.32 Å². The number of methoxy groups -OCH3 is 1. The van der Waals surface area contributed by atoms with Gasteiger partial charge < -0.3 is 10.1 Å². The van der Waals surface area contributed by atoms with Crippen molar-refractivity contribution < 1.29 is 9.53 Å². The summed E-state index contributed by atoms with van der Waals surface area (Å²) >= 11 is 0. The molecule has 1 aromatic heterocycles. The lowest BCUT2D eigenvalue weighted by Crippen LogP contribution is -2.35. The van der Waals surface area contributed by atoms with Crippen LogP contribution in [0.5, 0.6) is 0 Å². The summed E-state index contributed by atoms with van der Waals surface area (Å²) in [5, 5.41) is 3.48. The summed E-state index contributed by atoms with van der Waals surface area (Å²) in [4.78, 5) is 22.6. The predicted molar refractivity (Wildman–Crippen MR) is 107 cm³/mol. The Morgan fingerprint density at radius 1 is 1.19 bits per heavy atom. The summed E-state index contributed by atoms with van der Waals surface area (Å²) in [5.74, 6) is -0.298. The first-order chi connectivity index (χ1) is 12.8. The van der Waals surface area contributed by atoms with Gasteiger partial charge >= 0.3 is 5.97 Å². The summed E-state index contributed by atoms with van der Waals surface area (Å²) in [5.41, 5.74) is 2.81. The standard InChI is InChI=1S/C20H26N4O2.ClH/c1-26-20(25)18-5-2-4-16(10-18)13-24(14-17-11-22-15-23-12-17)19-6-3-8-21-9-7-19;/h2,4-5,10-12,15,19,21H,3,6-9,13-14H2,1H3;1H. The fourth-order valence-electron chi connectivity index (χ4n) is 3.48. The molecule has 0 radical (unpaired) electrons. The maximum Gasteiger partial charge on any atom is 0.337 e. The summed E-state index contributed by atoms with van der Waals surface area (Å²) in [6.45, 7) is 3.70. The van der Waals surface area contributed by atoms with Crippen LogP contribution in [0.15, 0.2) is 43.0 Å². The summed E-state index contributed by atoms with van der Waals surface area (Å²) in [6.07, 6.45) is 8.76. The molecule has 1 aliphatic heterocycles. The van der Waals surface area contributed by atoms with Gasteiger partial charge in [0, 0.05) is 37.1 Å². The van der Waals surface area contributed by atoms with Crippen molar-refractivity contribution in [2.75, 3.05) is 20.2 Å². The maximum atomic E-state index is 11.8. The molecular formula is C20H27ClN4O2. The van der Waals surface area contributed by atoms with Gasteiger partial charge in [-0.1, -0.05) is 12.1 Å². The molecule has 3 rings (SSSR count). The number of carbonyl (C=O) groups excluding carboxylic acids is 1. The number of hydrogen-bond donors (Lipinski definition) is 1. The molecule has 0 amide bonds. The topological polar surface area (TPSA) is 67.3 Å². The molecular weight excluding hydrogens is 364 g/mol. The van der Waals surface area contributed by atoms with Crippen molar-refractivity contribution in [3.63, 3.8) is 0 Å². The molecule has 146 valence electrons. The smallest absolute Gasteiger partial charge is 0.337 e. The van der Waals surface area contributed by atoms with Crippen molar-refractivity contribution in [3.05, 3.63) is 59.7 Å². The second-order valence-electron chi connectivity index (χ2n) is 6.68. The normalized spacial score (nSPS) is 17.0.